The summed E-state index contributed by atoms with van der Waals surface area (Å²) in [6.45, 7) is 6.23. The van der Waals surface area contributed by atoms with E-state index in [4.69, 9.17) is 4.74 Å². The molecule has 0 saturated heterocycles. The molecule has 0 unspecified atom stereocenters. The molecule has 0 spiro atoms. The van der Waals surface area contributed by atoms with Crippen LogP contribution in [0.1, 0.15) is 30.8 Å². The summed E-state index contributed by atoms with van der Waals surface area (Å²) < 4.78 is 8.83. The fraction of sp³-hybridized carbons (Fsp3) is 0.353. The molecule has 0 aliphatic carbocycles. The van der Waals surface area contributed by atoms with Gasteiger partial charge in [-0.25, -0.2) is 0 Å². The second-order valence-corrected chi connectivity index (χ2v) is 5.50. The van der Waals surface area contributed by atoms with Gasteiger partial charge in [0.25, 0.3) is 0 Å². The van der Waals surface area contributed by atoms with Crippen LogP contribution < -0.4 is 0 Å². The van der Waals surface area contributed by atoms with E-state index >= 15 is 0 Å². The topological polar surface area (TPSA) is 27.1 Å². The third-order valence-corrected chi connectivity index (χ3v) is 4.17. The molecular formula is C17H21BrN2O. The maximum Gasteiger partial charge on any atom is 0.0900 e. The lowest BCUT2D eigenvalue weighted by Crippen LogP contribution is -2.05. The van der Waals surface area contributed by atoms with Crippen molar-refractivity contribution in [2.24, 2.45) is 0 Å². The van der Waals surface area contributed by atoms with E-state index in [-0.39, 0.29) is 0 Å². The standard InChI is InChI=1S/C17H21BrN2O/c1-3-15-17(18)16(20(4-2)19-15)13-21-12-8-11-14-9-6-5-7-10-14/h5-11H,3-4,12-13H2,1-2H3. The van der Waals surface area contributed by atoms with Gasteiger partial charge in [0.2, 0.25) is 0 Å². The highest BCUT2D eigenvalue weighted by Crippen LogP contribution is 2.23. The van der Waals surface area contributed by atoms with Crippen LogP contribution in [0, 0.1) is 0 Å². The van der Waals surface area contributed by atoms with Crippen LogP contribution in [0.2, 0.25) is 0 Å². The molecule has 3 nitrogen and oxygen atoms in total. The molecule has 2 rings (SSSR count). The summed E-state index contributed by atoms with van der Waals surface area (Å²) in [5.74, 6) is 0. The average molecular weight is 349 g/mol. The number of aromatic nitrogens is 2. The minimum Gasteiger partial charge on any atom is -0.371 e. The molecule has 1 heterocycles. The van der Waals surface area contributed by atoms with Crippen LogP contribution in [0.4, 0.5) is 0 Å². The number of halogens is 1. The number of rotatable bonds is 7. The van der Waals surface area contributed by atoms with Crippen molar-refractivity contribution < 1.29 is 4.74 Å². The second-order valence-electron chi connectivity index (χ2n) is 4.70. The zero-order valence-corrected chi connectivity index (χ0v) is 14.1. The first-order valence-corrected chi connectivity index (χ1v) is 8.09. The normalized spacial score (nSPS) is 11.4. The zero-order valence-electron chi connectivity index (χ0n) is 12.6. The van der Waals surface area contributed by atoms with Gasteiger partial charge in [0.15, 0.2) is 0 Å². The highest BCUT2D eigenvalue weighted by Gasteiger charge is 2.13. The SMILES string of the molecule is CCc1nn(CC)c(COCC=Cc2ccccc2)c1Br. The summed E-state index contributed by atoms with van der Waals surface area (Å²) in [5.41, 5.74) is 3.40. The van der Waals surface area contributed by atoms with Gasteiger partial charge in [-0.1, -0.05) is 49.4 Å². The monoisotopic (exact) mass is 348 g/mol. The van der Waals surface area contributed by atoms with Crippen molar-refractivity contribution in [1.82, 2.24) is 9.78 Å². The molecule has 0 bridgehead atoms. The molecule has 2 aromatic rings. The van der Waals surface area contributed by atoms with Crippen LogP contribution in [0.25, 0.3) is 6.08 Å². The van der Waals surface area contributed by atoms with Gasteiger partial charge in [-0.05, 0) is 34.8 Å². The molecule has 0 fully saturated rings. The van der Waals surface area contributed by atoms with E-state index in [0.717, 1.165) is 28.8 Å². The summed E-state index contributed by atoms with van der Waals surface area (Å²) in [4.78, 5) is 0. The van der Waals surface area contributed by atoms with Gasteiger partial charge < -0.3 is 4.74 Å². The lowest BCUT2D eigenvalue weighted by molar-refractivity contribution is 0.142. The van der Waals surface area contributed by atoms with Gasteiger partial charge in [0.05, 0.1) is 29.1 Å². The van der Waals surface area contributed by atoms with E-state index in [1.807, 2.05) is 29.0 Å². The Morgan fingerprint density at radius 1 is 1.24 bits per heavy atom. The van der Waals surface area contributed by atoms with Crippen LogP contribution in [-0.2, 0) is 24.3 Å². The molecule has 0 atom stereocenters. The van der Waals surface area contributed by atoms with Crippen molar-refractivity contribution in [1.29, 1.82) is 0 Å². The third kappa shape index (κ3) is 4.29. The lowest BCUT2D eigenvalue weighted by Gasteiger charge is -2.05. The molecule has 0 radical (unpaired) electrons. The Morgan fingerprint density at radius 2 is 2.00 bits per heavy atom. The number of hydrogen-bond donors (Lipinski definition) is 0. The van der Waals surface area contributed by atoms with Crippen LogP contribution in [0.15, 0.2) is 40.9 Å². The van der Waals surface area contributed by atoms with Gasteiger partial charge in [-0.2, -0.15) is 5.10 Å². The molecule has 4 heteroatoms. The zero-order chi connectivity index (χ0) is 15.1. The maximum atomic E-state index is 5.74. The molecule has 0 aliphatic heterocycles. The van der Waals surface area contributed by atoms with Crippen molar-refractivity contribution in [2.45, 2.75) is 33.4 Å². The second kappa shape index (κ2) is 8.15. The fourth-order valence-corrected chi connectivity index (χ4v) is 2.81. The van der Waals surface area contributed by atoms with E-state index in [1.165, 1.54) is 5.56 Å². The van der Waals surface area contributed by atoms with Crippen molar-refractivity contribution in [2.75, 3.05) is 6.61 Å². The molecule has 0 aliphatic rings. The Bertz CT molecular complexity index is 590. The van der Waals surface area contributed by atoms with E-state index < -0.39 is 0 Å². The van der Waals surface area contributed by atoms with Gasteiger partial charge in [0.1, 0.15) is 0 Å². The molecule has 1 aromatic heterocycles. The molecule has 112 valence electrons. The van der Waals surface area contributed by atoms with E-state index in [2.05, 4.69) is 53.1 Å². The molecule has 1 aromatic carbocycles. The highest BCUT2D eigenvalue weighted by atomic mass is 79.9. The minimum absolute atomic E-state index is 0.570. The van der Waals surface area contributed by atoms with Crippen molar-refractivity contribution in [3.05, 3.63) is 57.8 Å². The first-order valence-electron chi connectivity index (χ1n) is 7.29. The number of hydrogen-bond acceptors (Lipinski definition) is 2. The highest BCUT2D eigenvalue weighted by molar-refractivity contribution is 9.10. The summed E-state index contributed by atoms with van der Waals surface area (Å²) >= 11 is 3.63. The maximum absolute atomic E-state index is 5.74. The first-order chi connectivity index (χ1) is 10.3. The van der Waals surface area contributed by atoms with Crippen LogP contribution >= 0.6 is 15.9 Å². The molecule has 0 amide bonds. The van der Waals surface area contributed by atoms with Crippen molar-refractivity contribution >= 4 is 22.0 Å². The van der Waals surface area contributed by atoms with Gasteiger partial charge >= 0.3 is 0 Å². The van der Waals surface area contributed by atoms with Gasteiger partial charge in [0, 0.05) is 6.54 Å². The first kappa shape index (κ1) is 16.0. The number of aryl methyl sites for hydroxylation is 2. The van der Waals surface area contributed by atoms with Crippen LogP contribution in [0.3, 0.4) is 0 Å². The van der Waals surface area contributed by atoms with Crippen molar-refractivity contribution in [3.8, 4) is 0 Å². The molecule has 0 saturated carbocycles. The number of ether oxygens (including phenoxy) is 1. The average Bonchev–Trinajstić information content (AvgIpc) is 2.84. The molecular weight excluding hydrogens is 328 g/mol. The summed E-state index contributed by atoms with van der Waals surface area (Å²) in [5, 5.41) is 4.56. The summed E-state index contributed by atoms with van der Waals surface area (Å²) in [6, 6.07) is 10.2. The number of nitrogens with zero attached hydrogens (tertiary/aromatic N) is 2. The molecule has 21 heavy (non-hydrogen) atoms. The largest absolute Gasteiger partial charge is 0.371 e. The lowest BCUT2D eigenvalue weighted by atomic mass is 10.2. The Morgan fingerprint density at radius 3 is 2.67 bits per heavy atom. The number of benzene rings is 1. The Balaban J connectivity index is 1.89. The van der Waals surface area contributed by atoms with E-state index in [1.54, 1.807) is 0 Å². The quantitative estimate of drug-likeness (QED) is 0.690. The van der Waals surface area contributed by atoms with Crippen molar-refractivity contribution in [3.63, 3.8) is 0 Å². The third-order valence-electron chi connectivity index (χ3n) is 3.26. The predicted octanol–water partition coefficient (Wildman–Crippen LogP) is 4.46. The fourth-order valence-electron chi connectivity index (χ4n) is 2.13. The van der Waals surface area contributed by atoms with Gasteiger partial charge in [-0.15, -0.1) is 0 Å². The van der Waals surface area contributed by atoms with Crippen LogP contribution in [0.5, 0.6) is 0 Å². The van der Waals surface area contributed by atoms with E-state index in [0.29, 0.717) is 13.2 Å². The summed E-state index contributed by atoms with van der Waals surface area (Å²) in [7, 11) is 0. The Kier molecular flexibility index (Phi) is 6.21. The van der Waals surface area contributed by atoms with Gasteiger partial charge in [-0.3, -0.25) is 4.68 Å². The Hall–Kier alpha value is -1.39. The smallest absolute Gasteiger partial charge is 0.0900 e. The molecule has 0 N–H and O–H groups in total. The summed E-state index contributed by atoms with van der Waals surface area (Å²) in [6.07, 6.45) is 5.04. The Labute approximate surface area is 134 Å². The minimum atomic E-state index is 0.570. The van der Waals surface area contributed by atoms with Crippen LogP contribution in [-0.4, -0.2) is 16.4 Å². The predicted molar refractivity (Wildman–Crippen MR) is 90.1 cm³/mol. The van der Waals surface area contributed by atoms with E-state index in [9.17, 15) is 0 Å².